The van der Waals surface area contributed by atoms with Gasteiger partial charge in [-0.2, -0.15) is 0 Å². The summed E-state index contributed by atoms with van der Waals surface area (Å²) in [6, 6.07) is 1.97. The average molecular weight is 449 g/mol. The molecule has 0 unspecified atom stereocenters. The molecule has 0 aliphatic heterocycles. The van der Waals surface area contributed by atoms with E-state index in [1.807, 2.05) is 0 Å². The number of carboxylic acid groups (broad SMARTS) is 1. The maximum atomic E-state index is 13.1. The Morgan fingerprint density at radius 2 is 1.62 bits per heavy atom. The molecule has 0 saturated carbocycles. The normalized spacial score (nSPS) is 13.7. The quantitative estimate of drug-likeness (QED) is 0.265. The summed E-state index contributed by atoms with van der Waals surface area (Å²) in [5.74, 6) is -3.64. The number of nitrogens with zero attached hydrogens (tertiary/aromatic N) is 1. The molecule has 0 heterocycles. The predicted octanol–water partition coefficient (Wildman–Crippen LogP) is 0.538. The molecule has 6 N–H and O–H groups in total. The van der Waals surface area contributed by atoms with Crippen molar-refractivity contribution < 1.29 is 29.1 Å². The van der Waals surface area contributed by atoms with Crippen molar-refractivity contribution in [2.75, 3.05) is 6.54 Å². The Morgan fingerprint density at radius 1 is 1.06 bits per heavy atom. The van der Waals surface area contributed by atoms with Crippen molar-refractivity contribution in [3.05, 3.63) is 35.4 Å². The van der Waals surface area contributed by atoms with Gasteiger partial charge in [-0.05, 0) is 56.5 Å². The lowest BCUT2D eigenvalue weighted by molar-refractivity contribution is -0.138. The summed E-state index contributed by atoms with van der Waals surface area (Å²) in [5.41, 5.74) is 11.3. The lowest BCUT2D eigenvalue weighted by atomic mass is 10.0. The number of nitrogens with two attached hydrogens (primary N) is 2. The number of hydrogen-bond acceptors (Lipinski definition) is 7. The molecule has 0 spiro atoms. The standard InChI is InChI=1S/C22H32N4O6/c1-13(2)18(12-27)26(21(30)15-7-9-16(10-8-15)22(31)32)20(29)14(3)25-19(28)17(24)6-4-5-11-23/h7-10,12-14,17-18H,4-6,11,23-24H2,1-3H3,(H,25,28)(H,31,32)/t14-,17-,18+/m0/s1. The van der Waals surface area contributed by atoms with E-state index in [0.717, 1.165) is 4.90 Å². The summed E-state index contributed by atoms with van der Waals surface area (Å²) in [4.78, 5) is 62.2. The number of unbranched alkanes of at least 4 members (excludes halogenated alkanes) is 1. The Kier molecular flexibility index (Phi) is 10.7. The summed E-state index contributed by atoms with van der Waals surface area (Å²) < 4.78 is 0. The predicted molar refractivity (Wildman–Crippen MR) is 118 cm³/mol. The fourth-order valence-electron chi connectivity index (χ4n) is 3.02. The van der Waals surface area contributed by atoms with Crippen LogP contribution in [0.3, 0.4) is 0 Å². The Hall–Kier alpha value is -3.11. The number of carbonyl (C=O) groups is 5. The van der Waals surface area contributed by atoms with Crippen molar-refractivity contribution in [1.82, 2.24) is 10.2 Å². The van der Waals surface area contributed by atoms with Gasteiger partial charge >= 0.3 is 5.97 Å². The summed E-state index contributed by atoms with van der Waals surface area (Å²) in [6.07, 6.45) is 2.27. The molecular formula is C22H32N4O6. The summed E-state index contributed by atoms with van der Waals surface area (Å²) in [6.45, 7) is 5.24. The largest absolute Gasteiger partial charge is 0.478 e. The van der Waals surface area contributed by atoms with Crippen LogP contribution in [0.2, 0.25) is 0 Å². The van der Waals surface area contributed by atoms with Gasteiger partial charge in [0.05, 0.1) is 17.6 Å². The smallest absolute Gasteiger partial charge is 0.335 e. The topological polar surface area (TPSA) is 173 Å². The van der Waals surface area contributed by atoms with Gasteiger partial charge < -0.3 is 26.7 Å². The molecule has 0 aromatic heterocycles. The molecule has 0 radical (unpaired) electrons. The minimum atomic E-state index is -1.16. The van der Waals surface area contributed by atoms with E-state index < -0.39 is 41.8 Å². The van der Waals surface area contributed by atoms with Crippen LogP contribution in [-0.4, -0.2) is 64.7 Å². The van der Waals surface area contributed by atoms with Crippen LogP contribution in [0, 0.1) is 5.92 Å². The molecule has 0 saturated heterocycles. The van der Waals surface area contributed by atoms with Crippen LogP contribution in [0.15, 0.2) is 24.3 Å². The zero-order valence-corrected chi connectivity index (χ0v) is 18.6. The van der Waals surface area contributed by atoms with Crippen LogP contribution < -0.4 is 16.8 Å². The van der Waals surface area contributed by atoms with E-state index >= 15 is 0 Å². The molecule has 0 aliphatic carbocycles. The second-order valence-electron chi connectivity index (χ2n) is 7.89. The van der Waals surface area contributed by atoms with E-state index in [9.17, 15) is 24.0 Å². The van der Waals surface area contributed by atoms with Gasteiger partial charge in [0.25, 0.3) is 11.8 Å². The van der Waals surface area contributed by atoms with Gasteiger partial charge in [-0.3, -0.25) is 19.3 Å². The highest BCUT2D eigenvalue weighted by Crippen LogP contribution is 2.16. The first-order valence-corrected chi connectivity index (χ1v) is 10.5. The van der Waals surface area contributed by atoms with Crippen molar-refractivity contribution in [1.29, 1.82) is 0 Å². The van der Waals surface area contributed by atoms with Gasteiger partial charge in [0.15, 0.2) is 0 Å². The first kappa shape index (κ1) is 26.9. The van der Waals surface area contributed by atoms with E-state index in [4.69, 9.17) is 16.6 Å². The maximum Gasteiger partial charge on any atom is 0.335 e. The van der Waals surface area contributed by atoms with Crippen LogP contribution in [0.5, 0.6) is 0 Å². The maximum absolute atomic E-state index is 13.1. The lowest BCUT2D eigenvalue weighted by Crippen LogP contribution is -2.56. The van der Waals surface area contributed by atoms with Crippen molar-refractivity contribution in [2.24, 2.45) is 17.4 Å². The molecular weight excluding hydrogens is 416 g/mol. The molecule has 3 amide bonds. The molecule has 1 aromatic carbocycles. The van der Waals surface area contributed by atoms with Crippen LogP contribution in [0.25, 0.3) is 0 Å². The van der Waals surface area contributed by atoms with E-state index in [-0.39, 0.29) is 17.0 Å². The summed E-state index contributed by atoms with van der Waals surface area (Å²) in [5, 5.41) is 11.5. The van der Waals surface area contributed by atoms with Crippen LogP contribution in [-0.2, 0) is 14.4 Å². The summed E-state index contributed by atoms with van der Waals surface area (Å²) >= 11 is 0. The molecule has 10 heteroatoms. The molecule has 10 nitrogen and oxygen atoms in total. The number of nitrogens with one attached hydrogen (secondary N) is 1. The molecule has 0 bridgehead atoms. The number of aromatic carboxylic acids is 1. The van der Waals surface area contributed by atoms with Gasteiger partial charge in [0, 0.05) is 5.56 Å². The highest BCUT2D eigenvalue weighted by atomic mass is 16.4. The van der Waals surface area contributed by atoms with Gasteiger partial charge in [0.2, 0.25) is 5.91 Å². The second kappa shape index (κ2) is 12.7. The first-order chi connectivity index (χ1) is 15.0. The van der Waals surface area contributed by atoms with Crippen molar-refractivity contribution in [3.63, 3.8) is 0 Å². The third kappa shape index (κ3) is 7.24. The van der Waals surface area contributed by atoms with Gasteiger partial charge in [-0.1, -0.05) is 20.3 Å². The fraction of sp³-hybridized carbons (Fsp3) is 0.500. The highest BCUT2D eigenvalue weighted by molar-refractivity contribution is 6.08. The molecule has 3 atom stereocenters. The number of carboxylic acids is 1. The van der Waals surface area contributed by atoms with Gasteiger partial charge in [-0.25, -0.2) is 4.79 Å². The third-order valence-electron chi connectivity index (χ3n) is 4.99. The van der Waals surface area contributed by atoms with Crippen molar-refractivity contribution in [2.45, 2.75) is 58.2 Å². The first-order valence-electron chi connectivity index (χ1n) is 10.5. The highest BCUT2D eigenvalue weighted by Gasteiger charge is 2.35. The van der Waals surface area contributed by atoms with Crippen molar-refractivity contribution >= 4 is 30.0 Å². The minimum absolute atomic E-state index is 0.0283. The van der Waals surface area contributed by atoms with Crippen molar-refractivity contribution in [3.8, 4) is 0 Å². The Bertz CT molecular complexity index is 824. The molecule has 32 heavy (non-hydrogen) atoms. The number of benzene rings is 1. The van der Waals surface area contributed by atoms with E-state index in [1.54, 1.807) is 13.8 Å². The third-order valence-corrected chi connectivity index (χ3v) is 4.99. The van der Waals surface area contributed by atoms with E-state index in [2.05, 4.69) is 5.32 Å². The Balaban J connectivity index is 3.10. The SMILES string of the molecule is CC(C)[C@@H](C=O)N(C(=O)c1ccc(C(=O)O)cc1)C(=O)[C@H](C)NC(=O)[C@@H](N)CCCCN. The number of rotatable bonds is 12. The monoisotopic (exact) mass is 448 g/mol. The number of hydrogen-bond donors (Lipinski definition) is 4. The van der Waals surface area contributed by atoms with Gasteiger partial charge in [0.1, 0.15) is 12.3 Å². The fourth-order valence-corrected chi connectivity index (χ4v) is 3.02. The zero-order chi connectivity index (χ0) is 24.4. The van der Waals surface area contributed by atoms with Crippen LogP contribution in [0.1, 0.15) is 60.7 Å². The van der Waals surface area contributed by atoms with Gasteiger partial charge in [-0.15, -0.1) is 0 Å². The molecule has 0 fully saturated rings. The van der Waals surface area contributed by atoms with Crippen LogP contribution in [0.4, 0.5) is 0 Å². The number of amides is 3. The molecule has 1 aromatic rings. The zero-order valence-electron chi connectivity index (χ0n) is 18.6. The Labute approximate surface area is 187 Å². The lowest BCUT2D eigenvalue weighted by Gasteiger charge is -2.31. The molecule has 1 rings (SSSR count). The minimum Gasteiger partial charge on any atom is -0.478 e. The number of carbonyl (C=O) groups excluding carboxylic acids is 4. The average Bonchev–Trinajstić information content (AvgIpc) is 2.76. The molecule has 176 valence electrons. The second-order valence-corrected chi connectivity index (χ2v) is 7.89. The van der Waals surface area contributed by atoms with Crippen LogP contribution >= 0.6 is 0 Å². The molecule has 0 aliphatic rings. The van der Waals surface area contributed by atoms with E-state index in [0.29, 0.717) is 32.1 Å². The summed E-state index contributed by atoms with van der Waals surface area (Å²) in [7, 11) is 0. The number of aldehydes is 1. The van der Waals surface area contributed by atoms with E-state index in [1.165, 1.54) is 31.2 Å². The Morgan fingerprint density at radius 3 is 2.09 bits per heavy atom. The number of imide groups is 1.